The largest absolute Gasteiger partial charge is 0.463 e. The van der Waals surface area contributed by atoms with Crippen LogP contribution in [-0.4, -0.2) is 37.1 Å². The highest BCUT2D eigenvalue weighted by Gasteiger charge is 2.44. The first-order valence-electron chi connectivity index (χ1n) is 9.28. The second-order valence-electron chi connectivity index (χ2n) is 5.81. The maximum atomic E-state index is 12.8. The van der Waals surface area contributed by atoms with E-state index in [1.165, 1.54) is 0 Å². The third kappa shape index (κ3) is 3.31. The lowest BCUT2D eigenvalue weighted by molar-refractivity contribution is -0.140. The van der Waals surface area contributed by atoms with Crippen molar-refractivity contribution in [1.29, 1.82) is 0 Å². The zero-order valence-corrected chi connectivity index (χ0v) is 15.3. The van der Waals surface area contributed by atoms with Crippen molar-refractivity contribution < 1.29 is 21.8 Å². The van der Waals surface area contributed by atoms with Crippen molar-refractivity contribution >= 4 is 11.9 Å². The van der Waals surface area contributed by atoms with E-state index in [-0.39, 0.29) is 36.5 Å². The summed E-state index contributed by atoms with van der Waals surface area (Å²) < 4.78 is 27.2. The van der Waals surface area contributed by atoms with Gasteiger partial charge in [0.15, 0.2) is 0 Å². The number of likely N-dealkylation sites (N-methyl/N-ethyl adjacent to an activating group) is 1. The van der Waals surface area contributed by atoms with Crippen LogP contribution in [0.15, 0.2) is 53.2 Å². The Bertz CT molecular complexity index is 831. The van der Waals surface area contributed by atoms with Gasteiger partial charge in [-0.05, 0) is 39.3 Å². The highest BCUT2D eigenvalue weighted by molar-refractivity contribution is 5.99. The zero-order valence-electron chi connectivity index (χ0n) is 17.3. The molecule has 0 spiro atoms. The summed E-state index contributed by atoms with van der Waals surface area (Å²) >= 11 is 0. The van der Waals surface area contributed by atoms with Gasteiger partial charge in [-0.15, -0.1) is 0 Å². The van der Waals surface area contributed by atoms with E-state index in [0.717, 1.165) is 0 Å². The van der Waals surface area contributed by atoms with Crippen LogP contribution in [0.3, 0.4) is 0 Å². The van der Waals surface area contributed by atoms with Crippen LogP contribution in [0.1, 0.15) is 36.0 Å². The topological polar surface area (TPSA) is 55.8 Å². The highest BCUT2D eigenvalue weighted by atomic mass is 16.5. The molecule has 0 radical (unpaired) electrons. The number of nitrogens with zero attached hydrogens (tertiary/aromatic N) is 1. The van der Waals surface area contributed by atoms with Gasteiger partial charge >= 0.3 is 11.9 Å². The number of carbonyl (C=O) groups is 2. The first-order valence-corrected chi connectivity index (χ1v) is 8.28. The number of allylic oxidation sites excluding steroid dienone is 1. The van der Waals surface area contributed by atoms with Crippen molar-refractivity contribution in [3.63, 3.8) is 0 Å². The molecule has 0 aromatic heterocycles. The quantitative estimate of drug-likeness (QED) is 0.767. The smallest absolute Gasteiger partial charge is 0.339 e. The van der Waals surface area contributed by atoms with Crippen LogP contribution in [0.4, 0.5) is 0 Å². The Morgan fingerprint density at radius 1 is 1.16 bits per heavy atom. The molecule has 134 valence electrons. The molecule has 0 N–H and O–H groups in total. The molecule has 1 heterocycles. The Balaban J connectivity index is 2.81. The van der Waals surface area contributed by atoms with E-state index in [1.807, 2.05) is 0 Å². The number of rotatable bonds is 5. The van der Waals surface area contributed by atoms with E-state index in [1.54, 1.807) is 63.9 Å². The molecular weight excluding hydrogens is 318 g/mol. The van der Waals surface area contributed by atoms with E-state index in [2.05, 4.69) is 0 Å². The maximum Gasteiger partial charge on any atom is 0.339 e. The lowest BCUT2D eigenvalue weighted by Crippen LogP contribution is -2.47. The predicted molar refractivity (Wildman–Crippen MR) is 95.6 cm³/mol. The third-order valence-electron chi connectivity index (χ3n) is 4.47. The number of carbonyl (C=O) groups excluding carboxylic acids is 2. The van der Waals surface area contributed by atoms with Gasteiger partial charge in [-0.25, -0.2) is 9.59 Å². The van der Waals surface area contributed by atoms with Crippen molar-refractivity contribution in [2.24, 2.45) is 0 Å². The summed E-state index contributed by atoms with van der Waals surface area (Å²) in [6, 6.07) is 6.88. The van der Waals surface area contributed by atoms with Crippen LogP contribution >= 0.6 is 0 Å². The molecule has 0 aliphatic carbocycles. The molecule has 1 aromatic carbocycles. The van der Waals surface area contributed by atoms with E-state index in [0.29, 0.717) is 11.3 Å². The van der Waals surface area contributed by atoms with Gasteiger partial charge in [0.05, 0.1) is 32.6 Å². The van der Waals surface area contributed by atoms with Gasteiger partial charge < -0.3 is 14.4 Å². The minimum absolute atomic E-state index is 0.0141. The number of ether oxygens (including phenoxy) is 2. The number of esters is 2. The molecule has 5 heteroatoms. The Hall–Kier alpha value is -2.56. The van der Waals surface area contributed by atoms with Crippen molar-refractivity contribution in [2.75, 3.05) is 20.3 Å². The fraction of sp³-hybridized carbons (Fsp3) is 0.400. The Kier molecular flexibility index (Phi) is 4.81. The Morgan fingerprint density at radius 2 is 1.80 bits per heavy atom. The number of benzene rings is 1. The van der Waals surface area contributed by atoms with Crippen LogP contribution < -0.4 is 0 Å². The highest BCUT2D eigenvalue weighted by Crippen LogP contribution is 2.42. The summed E-state index contributed by atoms with van der Waals surface area (Å²) in [7, 11) is 1.73. The SMILES string of the molecule is [2H]C1=C(C(=O)OCC)C(C)(c2ccccc2[2H])N(C)C(C)=C1C(=O)OCC. The molecular formula is C20H25NO4. The summed E-state index contributed by atoms with van der Waals surface area (Å²) in [4.78, 5) is 27.0. The minimum Gasteiger partial charge on any atom is -0.463 e. The second-order valence-corrected chi connectivity index (χ2v) is 5.81. The van der Waals surface area contributed by atoms with Gasteiger partial charge in [0.2, 0.25) is 0 Å². The molecule has 0 amide bonds. The average Bonchev–Trinajstić information content (AvgIpc) is 2.61. The summed E-state index contributed by atoms with van der Waals surface area (Å²) in [6.07, 6.45) is 0. The summed E-state index contributed by atoms with van der Waals surface area (Å²) in [5.74, 6) is -1.34. The second kappa shape index (κ2) is 7.55. The van der Waals surface area contributed by atoms with Crippen LogP contribution in [0.5, 0.6) is 0 Å². The zero-order chi connectivity index (χ0) is 20.4. The number of hydrogen-bond acceptors (Lipinski definition) is 5. The third-order valence-corrected chi connectivity index (χ3v) is 4.47. The first kappa shape index (κ1) is 15.9. The predicted octanol–water partition coefficient (Wildman–Crippen LogP) is 3.17. The molecule has 25 heavy (non-hydrogen) atoms. The lowest BCUT2D eigenvalue weighted by atomic mass is 9.78. The van der Waals surface area contributed by atoms with E-state index >= 15 is 0 Å². The number of hydrogen-bond donors (Lipinski definition) is 0. The molecule has 5 nitrogen and oxygen atoms in total. The van der Waals surface area contributed by atoms with Crippen molar-refractivity contribution in [1.82, 2.24) is 4.90 Å². The normalized spacial score (nSPS) is 21.7. The van der Waals surface area contributed by atoms with E-state index in [4.69, 9.17) is 12.2 Å². The van der Waals surface area contributed by atoms with Gasteiger partial charge in [-0.3, -0.25) is 0 Å². The van der Waals surface area contributed by atoms with Gasteiger partial charge in [-0.2, -0.15) is 0 Å². The summed E-state index contributed by atoms with van der Waals surface area (Å²) in [6.45, 7) is 7.11. The standard InChI is InChI=1S/C20H25NO4/c1-6-24-18(22)16-13-17(19(23)25-7-2)20(4,21(5)14(16)3)15-11-9-8-10-12-15/h8-13H,6-7H2,1-5H3/i11D,13D. The molecule has 1 atom stereocenters. The van der Waals surface area contributed by atoms with E-state index < -0.39 is 17.5 Å². The fourth-order valence-corrected chi connectivity index (χ4v) is 2.87. The van der Waals surface area contributed by atoms with Crippen molar-refractivity contribution in [3.8, 4) is 0 Å². The molecule has 2 rings (SSSR count). The Morgan fingerprint density at radius 3 is 2.40 bits per heavy atom. The molecule has 0 bridgehead atoms. The van der Waals surface area contributed by atoms with Crippen molar-refractivity contribution in [3.05, 3.63) is 58.8 Å². The van der Waals surface area contributed by atoms with Crippen LogP contribution in [-0.2, 0) is 24.6 Å². The first-order chi connectivity index (χ1) is 12.7. The molecule has 1 aliphatic heterocycles. The maximum absolute atomic E-state index is 12.8. The fourth-order valence-electron chi connectivity index (χ4n) is 2.87. The van der Waals surface area contributed by atoms with Crippen LogP contribution in [0, 0.1) is 0 Å². The van der Waals surface area contributed by atoms with Crippen molar-refractivity contribution in [2.45, 2.75) is 33.2 Å². The molecule has 0 fully saturated rings. The summed E-state index contributed by atoms with van der Waals surface area (Å²) in [5.41, 5.74) is -0.0516. The van der Waals surface area contributed by atoms with Gasteiger partial charge in [-0.1, -0.05) is 30.3 Å². The monoisotopic (exact) mass is 345 g/mol. The van der Waals surface area contributed by atoms with Crippen LogP contribution in [0.2, 0.25) is 0 Å². The summed E-state index contributed by atoms with van der Waals surface area (Å²) in [5, 5.41) is 0. The minimum atomic E-state index is -1.14. The molecule has 1 unspecified atom stereocenters. The Labute approximate surface area is 151 Å². The van der Waals surface area contributed by atoms with Gasteiger partial charge in [0.1, 0.15) is 0 Å². The average molecular weight is 345 g/mol. The van der Waals surface area contributed by atoms with Gasteiger partial charge in [0.25, 0.3) is 0 Å². The molecule has 1 aliphatic rings. The molecule has 0 saturated carbocycles. The molecule has 0 saturated heterocycles. The molecule has 1 aromatic rings. The lowest BCUT2D eigenvalue weighted by Gasteiger charge is -2.45. The van der Waals surface area contributed by atoms with E-state index in [9.17, 15) is 9.59 Å². The van der Waals surface area contributed by atoms with Gasteiger partial charge in [0, 0.05) is 12.7 Å². The van der Waals surface area contributed by atoms with Crippen LogP contribution in [0.25, 0.3) is 0 Å².